The molecule has 0 saturated heterocycles. The number of hydrogen-bond acceptors (Lipinski definition) is 4. The Bertz CT molecular complexity index is 750. The van der Waals surface area contributed by atoms with Crippen LogP contribution in [-0.2, 0) is 6.42 Å². The van der Waals surface area contributed by atoms with E-state index in [1.54, 1.807) is 11.3 Å². The summed E-state index contributed by atoms with van der Waals surface area (Å²) < 4.78 is 0. The number of rotatable bonds is 6. The largest absolute Gasteiger partial charge is 0.337 e. The number of carbonyl (C=O) groups excluding carboxylic acids is 1. The van der Waals surface area contributed by atoms with E-state index in [9.17, 15) is 4.79 Å². The molecule has 0 fully saturated rings. The van der Waals surface area contributed by atoms with Gasteiger partial charge in [0.05, 0.1) is 4.88 Å². The second-order valence-corrected chi connectivity index (χ2v) is 6.94. The number of thiazole rings is 1. The third-order valence-electron chi connectivity index (χ3n) is 3.64. The fourth-order valence-electron chi connectivity index (χ4n) is 2.36. The summed E-state index contributed by atoms with van der Waals surface area (Å²) in [6.45, 7) is 3.41. The zero-order valence-corrected chi connectivity index (χ0v) is 14.6. The van der Waals surface area contributed by atoms with Crippen molar-refractivity contribution < 1.29 is 4.79 Å². The number of benzene rings is 1. The average Bonchev–Trinajstić information content (AvgIpc) is 3.27. The molecule has 23 heavy (non-hydrogen) atoms. The van der Waals surface area contributed by atoms with E-state index < -0.39 is 0 Å². The van der Waals surface area contributed by atoms with Gasteiger partial charge in [0.1, 0.15) is 10.7 Å². The highest BCUT2D eigenvalue weighted by Crippen LogP contribution is 2.28. The third-order valence-corrected chi connectivity index (χ3v) is 5.52. The molecule has 0 saturated carbocycles. The van der Waals surface area contributed by atoms with E-state index >= 15 is 0 Å². The van der Waals surface area contributed by atoms with E-state index in [0.29, 0.717) is 18.8 Å². The number of aromatic nitrogens is 1. The van der Waals surface area contributed by atoms with E-state index in [4.69, 9.17) is 0 Å². The van der Waals surface area contributed by atoms with Crippen LogP contribution < -0.4 is 0 Å². The number of hydrogen-bond donors (Lipinski definition) is 0. The van der Waals surface area contributed by atoms with Crippen molar-refractivity contribution in [2.45, 2.75) is 13.3 Å². The van der Waals surface area contributed by atoms with E-state index in [1.165, 1.54) is 16.9 Å². The lowest BCUT2D eigenvalue weighted by Gasteiger charge is -2.19. The van der Waals surface area contributed by atoms with Crippen LogP contribution >= 0.6 is 22.7 Å². The quantitative estimate of drug-likeness (QED) is 0.657. The van der Waals surface area contributed by atoms with Gasteiger partial charge in [0.25, 0.3) is 5.91 Å². The zero-order chi connectivity index (χ0) is 16.1. The molecule has 0 N–H and O–H groups in total. The topological polar surface area (TPSA) is 33.2 Å². The van der Waals surface area contributed by atoms with Crippen LogP contribution in [0.15, 0.2) is 53.2 Å². The summed E-state index contributed by atoms with van der Waals surface area (Å²) in [7, 11) is 0. The number of likely N-dealkylation sites (N-methyl/N-ethyl adjacent to an activating group) is 1. The average molecular weight is 342 g/mol. The second-order valence-electron chi connectivity index (χ2n) is 5.14. The Morgan fingerprint density at radius 3 is 2.65 bits per heavy atom. The molecule has 0 aliphatic carbocycles. The summed E-state index contributed by atoms with van der Waals surface area (Å²) >= 11 is 3.18. The Labute approximate surface area is 144 Å². The van der Waals surface area contributed by atoms with Crippen molar-refractivity contribution in [1.82, 2.24) is 9.88 Å². The van der Waals surface area contributed by atoms with Crippen LogP contribution in [0.25, 0.3) is 9.88 Å². The predicted molar refractivity (Wildman–Crippen MR) is 97.2 cm³/mol. The van der Waals surface area contributed by atoms with Crippen molar-refractivity contribution in [2.24, 2.45) is 0 Å². The summed E-state index contributed by atoms with van der Waals surface area (Å²) in [5.41, 5.74) is 1.80. The number of nitrogens with zero attached hydrogens (tertiary/aromatic N) is 2. The molecular formula is C18H18N2OS2. The maximum atomic E-state index is 12.7. The number of amides is 1. The highest BCUT2D eigenvalue weighted by Gasteiger charge is 2.18. The molecule has 0 bridgehead atoms. The summed E-state index contributed by atoms with van der Waals surface area (Å²) in [5.74, 6) is 0.0162. The first kappa shape index (κ1) is 15.9. The van der Waals surface area contributed by atoms with Gasteiger partial charge >= 0.3 is 0 Å². The van der Waals surface area contributed by atoms with Crippen LogP contribution in [0.5, 0.6) is 0 Å². The molecule has 5 heteroatoms. The Hall–Kier alpha value is -1.98. The highest BCUT2D eigenvalue weighted by atomic mass is 32.1. The molecule has 3 aromatic rings. The van der Waals surface area contributed by atoms with Crippen LogP contribution in [0.1, 0.15) is 23.0 Å². The smallest absolute Gasteiger partial charge is 0.273 e. The third kappa shape index (κ3) is 3.86. The second kappa shape index (κ2) is 7.53. The fraction of sp³-hybridized carbons (Fsp3) is 0.222. The number of carbonyl (C=O) groups is 1. The molecule has 0 aliphatic rings. The first-order valence-corrected chi connectivity index (χ1v) is 9.36. The highest BCUT2D eigenvalue weighted by molar-refractivity contribution is 7.20. The van der Waals surface area contributed by atoms with Gasteiger partial charge < -0.3 is 4.90 Å². The van der Waals surface area contributed by atoms with E-state index in [1.807, 2.05) is 52.9 Å². The molecule has 3 rings (SSSR count). The van der Waals surface area contributed by atoms with Crippen molar-refractivity contribution in [3.8, 4) is 9.88 Å². The molecule has 2 aromatic heterocycles. The monoisotopic (exact) mass is 342 g/mol. The standard InChI is InChI=1S/C18H18N2OS2/c1-2-20(11-10-14-7-4-3-5-8-14)18(21)15-13-23-17(19-15)16-9-6-12-22-16/h3-9,12-13H,2,10-11H2,1H3. The lowest BCUT2D eigenvalue weighted by atomic mass is 10.1. The van der Waals surface area contributed by atoms with Gasteiger partial charge in [0, 0.05) is 18.5 Å². The van der Waals surface area contributed by atoms with Crippen molar-refractivity contribution >= 4 is 28.6 Å². The first-order chi connectivity index (χ1) is 11.3. The molecule has 118 valence electrons. The minimum absolute atomic E-state index is 0.0162. The van der Waals surface area contributed by atoms with Gasteiger partial charge in [-0.2, -0.15) is 0 Å². The van der Waals surface area contributed by atoms with Gasteiger partial charge in [-0.05, 0) is 30.4 Å². The molecule has 1 aromatic carbocycles. The molecular weight excluding hydrogens is 324 g/mol. The molecule has 0 atom stereocenters. The van der Waals surface area contributed by atoms with Crippen molar-refractivity contribution in [2.75, 3.05) is 13.1 Å². The van der Waals surface area contributed by atoms with Crippen LogP contribution in [-0.4, -0.2) is 28.9 Å². The lowest BCUT2D eigenvalue weighted by molar-refractivity contribution is 0.0761. The summed E-state index contributed by atoms with van der Waals surface area (Å²) in [6, 6.07) is 14.3. The van der Waals surface area contributed by atoms with Crippen LogP contribution in [0.4, 0.5) is 0 Å². The van der Waals surface area contributed by atoms with Crippen molar-refractivity contribution in [1.29, 1.82) is 0 Å². The molecule has 2 heterocycles. The summed E-state index contributed by atoms with van der Waals surface area (Å²) in [4.78, 5) is 20.1. The predicted octanol–water partition coefficient (Wildman–Crippen LogP) is 4.58. The van der Waals surface area contributed by atoms with E-state index in [-0.39, 0.29) is 5.91 Å². The lowest BCUT2D eigenvalue weighted by Crippen LogP contribution is -2.33. The van der Waals surface area contributed by atoms with Gasteiger partial charge in [0.15, 0.2) is 0 Å². The van der Waals surface area contributed by atoms with Gasteiger partial charge in [-0.1, -0.05) is 36.4 Å². The first-order valence-electron chi connectivity index (χ1n) is 7.60. The molecule has 0 radical (unpaired) electrons. The SMILES string of the molecule is CCN(CCc1ccccc1)C(=O)c1csc(-c2cccs2)n1. The Morgan fingerprint density at radius 1 is 1.13 bits per heavy atom. The summed E-state index contributed by atoms with van der Waals surface area (Å²) in [6.07, 6.45) is 0.863. The van der Waals surface area contributed by atoms with Gasteiger partial charge in [-0.25, -0.2) is 4.98 Å². The fourth-order valence-corrected chi connectivity index (χ4v) is 3.97. The van der Waals surface area contributed by atoms with Crippen molar-refractivity contribution in [3.05, 3.63) is 64.5 Å². The van der Waals surface area contributed by atoms with Crippen molar-refractivity contribution in [3.63, 3.8) is 0 Å². The maximum absolute atomic E-state index is 12.7. The van der Waals surface area contributed by atoms with E-state index in [2.05, 4.69) is 17.1 Å². The minimum atomic E-state index is 0.0162. The van der Waals surface area contributed by atoms with Gasteiger partial charge in [-0.3, -0.25) is 4.79 Å². The Kier molecular flexibility index (Phi) is 5.20. The van der Waals surface area contributed by atoms with Crippen LogP contribution in [0.3, 0.4) is 0 Å². The maximum Gasteiger partial charge on any atom is 0.273 e. The zero-order valence-electron chi connectivity index (χ0n) is 12.9. The van der Waals surface area contributed by atoms with Gasteiger partial charge in [-0.15, -0.1) is 22.7 Å². The Morgan fingerprint density at radius 2 is 1.96 bits per heavy atom. The minimum Gasteiger partial charge on any atom is -0.337 e. The molecule has 3 nitrogen and oxygen atoms in total. The molecule has 0 aliphatic heterocycles. The van der Waals surface area contributed by atoms with Gasteiger partial charge in [0.2, 0.25) is 0 Å². The molecule has 1 amide bonds. The number of thiophene rings is 1. The normalized spacial score (nSPS) is 10.7. The molecule has 0 spiro atoms. The van der Waals surface area contributed by atoms with Crippen LogP contribution in [0, 0.1) is 0 Å². The van der Waals surface area contributed by atoms with Crippen LogP contribution in [0.2, 0.25) is 0 Å². The molecule has 0 unspecified atom stereocenters. The van der Waals surface area contributed by atoms with E-state index in [0.717, 1.165) is 16.3 Å². The summed E-state index contributed by atoms with van der Waals surface area (Å²) in [5, 5.41) is 4.81. The Balaban J connectivity index is 1.67.